The Hall–Kier alpha value is -4.42. The normalized spacial score (nSPS) is 11.3. The lowest BCUT2D eigenvalue weighted by atomic mass is 10.1. The van der Waals surface area contributed by atoms with Gasteiger partial charge in [0.1, 0.15) is 22.3 Å². The molecule has 0 aliphatic rings. The predicted octanol–water partition coefficient (Wildman–Crippen LogP) is 3.70. The SMILES string of the molecule is N#C/C(=C\c1cccc(OS(=O)(=O)c2ccccc2)c1)C(=O)Nc1ccccc1C(=O)O. The zero-order valence-electron chi connectivity index (χ0n) is 16.4. The number of aromatic carboxylic acids is 1. The van der Waals surface area contributed by atoms with Gasteiger partial charge in [-0.3, -0.25) is 4.79 Å². The number of carbonyl (C=O) groups excluding carboxylic acids is 1. The second-order valence-corrected chi connectivity index (χ2v) is 7.94. The van der Waals surface area contributed by atoms with E-state index in [1.807, 2.05) is 0 Å². The van der Waals surface area contributed by atoms with Gasteiger partial charge in [0.25, 0.3) is 5.91 Å². The molecule has 0 aliphatic carbocycles. The molecule has 0 heterocycles. The molecule has 0 saturated carbocycles. The fourth-order valence-corrected chi connectivity index (χ4v) is 3.65. The maximum atomic E-state index is 12.5. The number of rotatable bonds is 7. The minimum absolute atomic E-state index is 0.00322. The summed E-state index contributed by atoms with van der Waals surface area (Å²) in [6.45, 7) is 0. The predicted molar refractivity (Wildman–Crippen MR) is 116 cm³/mol. The van der Waals surface area contributed by atoms with Crippen LogP contribution < -0.4 is 9.50 Å². The number of hydrogen-bond donors (Lipinski definition) is 2. The first-order chi connectivity index (χ1) is 15.3. The van der Waals surface area contributed by atoms with Crippen LogP contribution in [-0.4, -0.2) is 25.4 Å². The minimum atomic E-state index is -4.05. The molecule has 0 fully saturated rings. The summed E-state index contributed by atoms with van der Waals surface area (Å²) in [5.41, 5.74) is -0.0610. The van der Waals surface area contributed by atoms with Crippen molar-refractivity contribution < 1.29 is 27.3 Å². The van der Waals surface area contributed by atoms with Gasteiger partial charge >= 0.3 is 16.1 Å². The highest BCUT2D eigenvalue weighted by Crippen LogP contribution is 2.22. The molecule has 3 rings (SSSR count). The molecule has 0 saturated heterocycles. The summed E-state index contributed by atoms with van der Waals surface area (Å²) in [6.07, 6.45) is 1.24. The van der Waals surface area contributed by atoms with E-state index in [-0.39, 0.29) is 27.5 Å². The third-order valence-corrected chi connectivity index (χ3v) is 5.44. The molecule has 0 spiro atoms. The van der Waals surface area contributed by atoms with Crippen LogP contribution >= 0.6 is 0 Å². The molecule has 0 unspecified atom stereocenters. The van der Waals surface area contributed by atoms with Gasteiger partial charge in [-0.25, -0.2) is 4.79 Å². The van der Waals surface area contributed by atoms with E-state index in [0.29, 0.717) is 5.56 Å². The van der Waals surface area contributed by atoms with Crippen molar-refractivity contribution in [3.63, 3.8) is 0 Å². The summed E-state index contributed by atoms with van der Waals surface area (Å²) >= 11 is 0. The first-order valence-electron chi connectivity index (χ1n) is 9.15. The fourth-order valence-electron chi connectivity index (χ4n) is 2.70. The van der Waals surface area contributed by atoms with Crippen LogP contribution in [0, 0.1) is 11.3 Å². The average molecular weight is 448 g/mol. The van der Waals surface area contributed by atoms with Gasteiger partial charge in [-0.1, -0.05) is 42.5 Å². The summed E-state index contributed by atoms with van der Waals surface area (Å²) in [4.78, 5) is 23.8. The van der Waals surface area contributed by atoms with Crippen LogP contribution in [0.5, 0.6) is 5.75 Å². The average Bonchev–Trinajstić information content (AvgIpc) is 2.78. The van der Waals surface area contributed by atoms with Crippen LogP contribution in [0.25, 0.3) is 6.08 Å². The molecule has 0 aliphatic heterocycles. The number of amides is 1. The van der Waals surface area contributed by atoms with Crippen LogP contribution in [0.15, 0.2) is 89.3 Å². The summed E-state index contributed by atoms with van der Waals surface area (Å²) in [5, 5.41) is 21.0. The Balaban J connectivity index is 1.83. The minimum Gasteiger partial charge on any atom is -0.478 e. The van der Waals surface area contributed by atoms with Gasteiger partial charge in [0.2, 0.25) is 0 Å². The van der Waals surface area contributed by atoms with Gasteiger partial charge in [-0.15, -0.1) is 0 Å². The molecule has 32 heavy (non-hydrogen) atoms. The summed E-state index contributed by atoms with van der Waals surface area (Å²) in [7, 11) is -4.05. The number of nitrogens with zero attached hydrogens (tertiary/aromatic N) is 1. The Morgan fingerprint density at radius 1 is 0.969 bits per heavy atom. The number of nitriles is 1. The Labute approximate surface area is 184 Å². The van der Waals surface area contributed by atoms with Crippen molar-refractivity contribution in [1.82, 2.24) is 0 Å². The van der Waals surface area contributed by atoms with Gasteiger partial charge in [-0.05, 0) is 48.0 Å². The molecule has 3 aromatic rings. The lowest BCUT2D eigenvalue weighted by Crippen LogP contribution is -2.16. The van der Waals surface area contributed by atoms with Crippen molar-refractivity contribution in [3.05, 3.63) is 95.6 Å². The first-order valence-corrected chi connectivity index (χ1v) is 10.6. The standard InChI is InChI=1S/C23H16N2O6S/c24-15-17(22(26)25-21-12-5-4-11-20(21)23(27)28)13-16-7-6-8-18(14-16)31-32(29,30)19-9-2-1-3-10-19/h1-14H,(H,25,26)(H,27,28)/b17-13+. The molecule has 0 atom stereocenters. The number of carbonyl (C=O) groups is 2. The van der Waals surface area contributed by atoms with Gasteiger partial charge in [0.05, 0.1) is 11.3 Å². The molecule has 0 aromatic heterocycles. The zero-order valence-corrected chi connectivity index (χ0v) is 17.2. The first kappa shape index (κ1) is 22.3. The maximum Gasteiger partial charge on any atom is 0.339 e. The van der Waals surface area contributed by atoms with Gasteiger partial charge in [-0.2, -0.15) is 13.7 Å². The number of carboxylic acid groups (broad SMARTS) is 1. The molecular weight excluding hydrogens is 432 g/mol. The van der Waals surface area contributed by atoms with Crippen molar-refractivity contribution >= 4 is 33.8 Å². The van der Waals surface area contributed by atoms with E-state index in [4.69, 9.17) is 4.18 Å². The number of benzene rings is 3. The molecule has 9 heteroatoms. The second kappa shape index (κ2) is 9.59. The van der Waals surface area contributed by atoms with Crippen LogP contribution in [-0.2, 0) is 14.9 Å². The Bertz CT molecular complexity index is 1340. The van der Waals surface area contributed by atoms with Gasteiger partial charge in [0, 0.05) is 0 Å². The maximum absolute atomic E-state index is 12.5. The lowest BCUT2D eigenvalue weighted by molar-refractivity contribution is -0.112. The second-order valence-electron chi connectivity index (χ2n) is 6.40. The third-order valence-electron chi connectivity index (χ3n) is 4.18. The van der Waals surface area contributed by atoms with Crippen molar-refractivity contribution in [1.29, 1.82) is 5.26 Å². The zero-order chi connectivity index (χ0) is 23.1. The Morgan fingerprint density at radius 2 is 1.66 bits per heavy atom. The number of hydrogen-bond acceptors (Lipinski definition) is 6. The molecule has 0 bridgehead atoms. The number of anilines is 1. The van der Waals surface area contributed by atoms with E-state index in [2.05, 4.69) is 5.32 Å². The van der Waals surface area contributed by atoms with E-state index in [9.17, 15) is 28.4 Å². The topological polar surface area (TPSA) is 134 Å². The van der Waals surface area contributed by atoms with Crippen LogP contribution in [0.4, 0.5) is 5.69 Å². The number of nitrogens with one attached hydrogen (secondary N) is 1. The van der Waals surface area contributed by atoms with Gasteiger partial charge < -0.3 is 14.6 Å². The van der Waals surface area contributed by atoms with Crippen LogP contribution in [0.2, 0.25) is 0 Å². The van der Waals surface area contributed by atoms with E-state index < -0.39 is 22.0 Å². The highest BCUT2D eigenvalue weighted by atomic mass is 32.2. The van der Waals surface area contributed by atoms with Gasteiger partial charge in [0.15, 0.2) is 0 Å². The van der Waals surface area contributed by atoms with Crippen molar-refractivity contribution in [2.75, 3.05) is 5.32 Å². The molecule has 8 nitrogen and oxygen atoms in total. The van der Waals surface area contributed by atoms with E-state index in [0.717, 1.165) is 0 Å². The Kier molecular flexibility index (Phi) is 6.68. The van der Waals surface area contributed by atoms with E-state index >= 15 is 0 Å². The lowest BCUT2D eigenvalue weighted by Gasteiger charge is -2.09. The third kappa shape index (κ3) is 5.38. The largest absolute Gasteiger partial charge is 0.478 e. The number of para-hydroxylation sites is 1. The van der Waals surface area contributed by atoms with Crippen molar-refractivity contribution in [2.45, 2.75) is 4.90 Å². The summed E-state index contributed by atoms with van der Waals surface area (Å²) < 4.78 is 29.9. The molecular formula is C23H16N2O6S. The summed E-state index contributed by atoms with van der Waals surface area (Å²) in [5.74, 6) is -2.05. The highest BCUT2D eigenvalue weighted by Gasteiger charge is 2.17. The Morgan fingerprint density at radius 3 is 2.34 bits per heavy atom. The molecule has 0 radical (unpaired) electrons. The number of carboxylic acids is 1. The quantitative estimate of drug-likeness (QED) is 0.320. The summed E-state index contributed by atoms with van der Waals surface area (Å²) in [6, 6.07) is 21.0. The monoisotopic (exact) mass is 448 g/mol. The van der Waals surface area contributed by atoms with Crippen molar-refractivity contribution in [2.24, 2.45) is 0 Å². The fraction of sp³-hybridized carbons (Fsp3) is 0. The molecule has 3 aromatic carbocycles. The molecule has 160 valence electrons. The van der Waals surface area contributed by atoms with Crippen molar-refractivity contribution in [3.8, 4) is 11.8 Å². The van der Waals surface area contributed by atoms with E-state index in [1.54, 1.807) is 36.4 Å². The smallest absolute Gasteiger partial charge is 0.339 e. The highest BCUT2D eigenvalue weighted by molar-refractivity contribution is 7.87. The van der Waals surface area contributed by atoms with Crippen LogP contribution in [0.3, 0.4) is 0 Å². The molecule has 1 amide bonds. The van der Waals surface area contributed by atoms with Crippen LogP contribution in [0.1, 0.15) is 15.9 Å². The van der Waals surface area contributed by atoms with E-state index in [1.165, 1.54) is 54.6 Å². The molecule has 2 N–H and O–H groups in total.